The number of rotatable bonds is 6. The highest BCUT2D eigenvalue weighted by atomic mass is 32.2. The quantitative estimate of drug-likeness (QED) is 0.723. The van der Waals surface area contributed by atoms with E-state index in [-0.39, 0.29) is 22.5 Å². The number of hydrogen-bond acceptors (Lipinski definition) is 6. The Bertz CT molecular complexity index is 1040. The van der Waals surface area contributed by atoms with Crippen LogP contribution in [0.25, 0.3) is 0 Å². The van der Waals surface area contributed by atoms with Crippen molar-refractivity contribution in [2.24, 2.45) is 0 Å². The van der Waals surface area contributed by atoms with Gasteiger partial charge in [0, 0.05) is 17.0 Å². The number of methoxy groups -OCH3 is 1. The van der Waals surface area contributed by atoms with Crippen molar-refractivity contribution in [2.75, 3.05) is 17.7 Å². The summed E-state index contributed by atoms with van der Waals surface area (Å²) in [6.45, 7) is 3.29. The van der Waals surface area contributed by atoms with Gasteiger partial charge in [-0.3, -0.25) is 9.59 Å². The lowest BCUT2D eigenvalue weighted by Crippen LogP contribution is -2.27. The van der Waals surface area contributed by atoms with Crippen LogP contribution in [0, 0.1) is 0 Å². The van der Waals surface area contributed by atoms with Gasteiger partial charge in [-0.05, 0) is 56.3 Å². The van der Waals surface area contributed by atoms with Crippen LogP contribution in [0.1, 0.15) is 20.3 Å². The maximum Gasteiger partial charge on any atom is 0.237 e. The van der Waals surface area contributed by atoms with Gasteiger partial charge in [-0.25, -0.2) is 8.42 Å². The van der Waals surface area contributed by atoms with E-state index in [1.54, 1.807) is 44.4 Å². The number of fused-ring (bicyclic) bond motifs is 1. The molecule has 0 spiro atoms. The van der Waals surface area contributed by atoms with Crippen molar-refractivity contribution in [1.82, 2.24) is 0 Å². The van der Waals surface area contributed by atoms with E-state index in [1.165, 1.54) is 30.8 Å². The number of benzene rings is 2. The van der Waals surface area contributed by atoms with Gasteiger partial charge >= 0.3 is 0 Å². The lowest BCUT2D eigenvalue weighted by molar-refractivity contribution is -0.116. The average molecular weight is 435 g/mol. The number of anilines is 2. The number of carbonyl (C=O) groups excluding carboxylic acids is 2. The summed E-state index contributed by atoms with van der Waals surface area (Å²) in [4.78, 5) is 25.1. The predicted octanol–water partition coefficient (Wildman–Crippen LogP) is 3.32. The number of nitrogens with one attached hydrogen (secondary N) is 2. The molecule has 0 aliphatic carbocycles. The molecule has 1 aliphatic heterocycles. The van der Waals surface area contributed by atoms with Gasteiger partial charge in [-0.15, -0.1) is 11.8 Å². The molecule has 0 unspecified atom stereocenters. The molecule has 0 fully saturated rings. The van der Waals surface area contributed by atoms with E-state index < -0.39 is 21.0 Å². The molecule has 0 saturated carbocycles. The minimum atomic E-state index is -3.74. The molecule has 2 aromatic rings. The van der Waals surface area contributed by atoms with Crippen LogP contribution in [0.5, 0.6) is 5.75 Å². The summed E-state index contributed by atoms with van der Waals surface area (Å²) in [6, 6.07) is 11.4. The van der Waals surface area contributed by atoms with Gasteiger partial charge in [0.2, 0.25) is 11.8 Å². The lowest BCUT2D eigenvalue weighted by Gasteiger charge is -2.22. The molecular weight excluding hydrogens is 412 g/mol. The minimum absolute atomic E-state index is 0.0800. The van der Waals surface area contributed by atoms with E-state index in [2.05, 4.69) is 10.6 Å². The Morgan fingerprint density at radius 1 is 1.24 bits per heavy atom. The van der Waals surface area contributed by atoms with Crippen molar-refractivity contribution >= 4 is 44.8 Å². The molecule has 2 aromatic carbocycles. The number of ether oxygens (including phenoxy) is 1. The van der Waals surface area contributed by atoms with Gasteiger partial charge in [0.1, 0.15) is 5.75 Å². The molecule has 0 radical (unpaired) electrons. The Hall–Kier alpha value is -2.52. The molecule has 3 rings (SSSR count). The smallest absolute Gasteiger partial charge is 0.237 e. The number of sulfone groups is 1. The third-order valence-electron chi connectivity index (χ3n) is 4.59. The molecule has 154 valence electrons. The Balaban J connectivity index is 1.71. The van der Waals surface area contributed by atoms with Gasteiger partial charge in [-0.2, -0.15) is 0 Å². The third-order valence-corrected chi connectivity index (χ3v) is 7.90. The fourth-order valence-electron chi connectivity index (χ4n) is 2.85. The van der Waals surface area contributed by atoms with Crippen molar-refractivity contribution in [3.8, 4) is 5.75 Å². The highest BCUT2D eigenvalue weighted by Crippen LogP contribution is 2.37. The first kappa shape index (κ1) is 21.2. The van der Waals surface area contributed by atoms with Crippen molar-refractivity contribution in [2.45, 2.75) is 40.6 Å². The van der Waals surface area contributed by atoms with Crippen molar-refractivity contribution in [3.05, 3.63) is 42.5 Å². The van der Waals surface area contributed by atoms with Crippen LogP contribution in [0.3, 0.4) is 0 Å². The fraction of sp³-hybridized carbons (Fsp3) is 0.300. The van der Waals surface area contributed by atoms with E-state index >= 15 is 0 Å². The fourth-order valence-corrected chi connectivity index (χ4v) is 5.16. The molecule has 1 heterocycles. The van der Waals surface area contributed by atoms with Crippen LogP contribution in [0.15, 0.2) is 52.3 Å². The van der Waals surface area contributed by atoms with Gasteiger partial charge in [0.25, 0.3) is 0 Å². The number of hydrogen-bond donors (Lipinski definition) is 2. The Morgan fingerprint density at radius 3 is 2.59 bits per heavy atom. The van der Waals surface area contributed by atoms with Gasteiger partial charge in [0.15, 0.2) is 9.84 Å². The van der Waals surface area contributed by atoms with Crippen LogP contribution in [0.2, 0.25) is 0 Å². The third kappa shape index (κ3) is 4.73. The second-order valence-corrected chi connectivity index (χ2v) is 10.5. The van der Waals surface area contributed by atoms with Gasteiger partial charge in [0.05, 0.1) is 28.2 Å². The molecule has 2 atom stereocenters. The Labute approximate surface area is 174 Å². The average Bonchev–Trinajstić information content (AvgIpc) is 2.69. The highest BCUT2D eigenvalue weighted by Gasteiger charge is 2.29. The topological polar surface area (TPSA) is 102 Å². The summed E-state index contributed by atoms with van der Waals surface area (Å²) in [5, 5.41) is 4.26. The molecule has 0 aromatic heterocycles. The van der Waals surface area contributed by atoms with Crippen LogP contribution >= 0.6 is 11.8 Å². The first-order chi connectivity index (χ1) is 13.7. The number of carbonyl (C=O) groups is 2. The van der Waals surface area contributed by atoms with E-state index in [1.807, 2.05) is 0 Å². The second kappa shape index (κ2) is 8.46. The summed E-state index contributed by atoms with van der Waals surface area (Å²) in [6.07, 6.45) is -0.191. The summed E-state index contributed by atoms with van der Waals surface area (Å²) >= 11 is 1.38. The zero-order chi connectivity index (χ0) is 21.2. The van der Waals surface area contributed by atoms with Crippen LogP contribution in [0.4, 0.5) is 11.4 Å². The summed E-state index contributed by atoms with van der Waals surface area (Å²) in [7, 11) is -2.20. The SMILES string of the molecule is COc1ccc(NC(=O)C[C@H](C)S(=O)(=O)c2ccc3c(c2)NC(=O)[C@@H](C)S3)cc1. The molecule has 7 nitrogen and oxygen atoms in total. The van der Waals surface area contributed by atoms with Crippen molar-refractivity contribution in [3.63, 3.8) is 0 Å². The molecule has 0 saturated heterocycles. The molecule has 0 bridgehead atoms. The van der Waals surface area contributed by atoms with Gasteiger partial charge < -0.3 is 15.4 Å². The molecule has 1 aliphatic rings. The first-order valence-corrected chi connectivity index (χ1v) is 11.4. The van der Waals surface area contributed by atoms with Crippen molar-refractivity contribution in [1.29, 1.82) is 0 Å². The normalized spacial score (nSPS) is 17.1. The Kier molecular flexibility index (Phi) is 6.18. The zero-order valence-electron chi connectivity index (χ0n) is 16.3. The molecule has 9 heteroatoms. The second-order valence-electron chi connectivity index (χ2n) is 6.74. The lowest BCUT2D eigenvalue weighted by atomic mass is 10.2. The molecular formula is C20H22N2O5S2. The summed E-state index contributed by atoms with van der Waals surface area (Å²) < 4.78 is 30.9. The highest BCUT2D eigenvalue weighted by molar-refractivity contribution is 8.01. The maximum atomic E-state index is 12.9. The largest absolute Gasteiger partial charge is 0.497 e. The standard InChI is InChI=1S/C20H22N2O5S2/c1-12(10-19(23)21-14-4-6-15(27-3)7-5-14)29(25,26)16-8-9-18-17(11-16)22-20(24)13(2)28-18/h4-9,11-13H,10H2,1-3H3,(H,21,23)(H,22,24)/t12-,13+/m0/s1. The number of amides is 2. The van der Waals surface area contributed by atoms with E-state index in [0.717, 1.165) is 4.90 Å². The van der Waals surface area contributed by atoms with E-state index in [4.69, 9.17) is 4.74 Å². The Morgan fingerprint density at radius 2 is 1.93 bits per heavy atom. The summed E-state index contributed by atoms with van der Waals surface area (Å²) in [5.74, 6) is 0.0943. The first-order valence-electron chi connectivity index (χ1n) is 9.00. The monoisotopic (exact) mass is 434 g/mol. The van der Waals surface area contributed by atoms with Crippen LogP contribution in [-0.2, 0) is 19.4 Å². The van der Waals surface area contributed by atoms with Crippen LogP contribution < -0.4 is 15.4 Å². The van der Waals surface area contributed by atoms with Gasteiger partial charge in [-0.1, -0.05) is 0 Å². The van der Waals surface area contributed by atoms with Crippen molar-refractivity contribution < 1.29 is 22.7 Å². The minimum Gasteiger partial charge on any atom is -0.497 e. The number of thioether (sulfide) groups is 1. The molecule has 2 N–H and O–H groups in total. The zero-order valence-corrected chi connectivity index (χ0v) is 17.9. The summed E-state index contributed by atoms with van der Waals surface area (Å²) in [5.41, 5.74) is 1.04. The van der Waals surface area contributed by atoms with E-state index in [9.17, 15) is 18.0 Å². The maximum absolute atomic E-state index is 12.9. The molecule has 29 heavy (non-hydrogen) atoms. The molecule has 2 amide bonds. The van der Waals surface area contributed by atoms with Crippen LogP contribution in [-0.4, -0.2) is 37.8 Å². The predicted molar refractivity (Wildman–Crippen MR) is 113 cm³/mol. The van der Waals surface area contributed by atoms with E-state index in [0.29, 0.717) is 17.1 Å².